The molecule has 0 aliphatic carbocycles. The van der Waals surface area contributed by atoms with Gasteiger partial charge in [0.05, 0.1) is 31.0 Å². The number of amides is 1. The number of anilines is 1. The molecule has 2 aromatic heterocycles. The second-order valence-electron chi connectivity index (χ2n) is 8.27. The zero-order valence-electron chi connectivity index (χ0n) is 19.0. The van der Waals surface area contributed by atoms with Crippen molar-refractivity contribution in [2.24, 2.45) is 0 Å². The first-order chi connectivity index (χ1) is 17.2. The Bertz CT molecular complexity index is 1400. The van der Waals surface area contributed by atoms with Crippen molar-refractivity contribution in [3.63, 3.8) is 0 Å². The summed E-state index contributed by atoms with van der Waals surface area (Å²) in [5.74, 6) is -0.952. The maximum Gasteiger partial charge on any atom is 0.406 e. The molecule has 0 saturated heterocycles. The van der Waals surface area contributed by atoms with Crippen LogP contribution in [0.4, 0.5) is 23.2 Å². The smallest absolute Gasteiger partial charge is 0.406 e. The Hall–Kier alpha value is -4.22. The van der Waals surface area contributed by atoms with Crippen molar-refractivity contribution >= 4 is 11.6 Å². The molecule has 0 N–H and O–H groups in total. The van der Waals surface area contributed by atoms with Crippen LogP contribution < -0.4 is 9.64 Å². The summed E-state index contributed by atoms with van der Waals surface area (Å²) < 4.78 is 63.1. The molecular formula is C24H20F4N6O2. The lowest BCUT2D eigenvalue weighted by molar-refractivity contribution is -0.134. The quantitative estimate of drug-likeness (QED) is 0.381. The lowest BCUT2D eigenvalue weighted by atomic mass is 10.1. The van der Waals surface area contributed by atoms with E-state index in [0.717, 1.165) is 5.69 Å². The average Bonchev–Trinajstić information content (AvgIpc) is 3.53. The first-order valence-corrected chi connectivity index (χ1v) is 11.0. The summed E-state index contributed by atoms with van der Waals surface area (Å²) >= 11 is 0. The number of methoxy groups -OCH3 is 1. The Morgan fingerprint density at radius 3 is 2.72 bits per heavy atom. The number of rotatable bonds is 5. The van der Waals surface area contributed by atoms with Crippen molar-refractivity contribution in [3.05, 3.63) is 72.7 Å². The monoisotopic (exact) mass is 500 g/mol. The lowest BCUT2D eigenvalue weighted by Gasteiger charge is -2.26. The summed E-state index contributed by atoms with van der Waals surface area (Å²) in [5.41, 5.74) is 1.75. The number of alkyl halides is 3. The molecule has 1 amide bonds. The molecule has 186 valence electrons. The first-order valence-electron chi connectivity index (χ1n) is 11.0. The minimum atomic E-state index is -4.67. The van der Waals surface area contributed by atoms with Crippen LogP contribution in [0.25, 0.3) is 16.9 Å². The molecule has 5 rings (SSSR count). The molecule has 1 aliphatic rings. The third kappa shape index (κ3) is 4.41. The van der Waals surface area contributed by atoms with Crippen LogP contribution in [0.15, 0.2) is 61.3 Å². The molecule has 12 heteroatoms. The number of benzene rings is 2. The molecule has 1 atom stereocenters. The minimum Gasteiger partial charge on any atom is -0.495 e. The highest BCUT2D eigenvalue weighted by atomic mass is 19.4. The number of ether oxygens (including phenoxy) is 1. The minimum absolute atomic E-state index is 0.0623. The average molecular weight is 500 g/mol. The fraction of sp³-hybridized carbons (Fsp3) is 0.250. The van der Waals surface area contributed by atoms with Gasteiger partial charge in [0.2, 0.25) is 0 Å². The van der Waals surface area contributed by atoms with Gasteiger partial charge < -0.3 is 14.2 Å². The van der Waals surface area contributed by atoms with Crippen molar-refractivity contribution in [3.8, 4) is 22.7 Å². The number of halogens is 4. The van der Waals surface area contributed by atoms with Crippen molar-refractivity contribution in [2.75, 3.05) is 18.6 Å². The largest absolute Gasteiger partial charge is 0.495 e. The van der Waals surface area contributed by atoms with E-state index in [1.165, 1.54) is 36.2 Å². The fourth-order valence-electron chi connectivity index (χ4n) is 4.35. The second-order valence-corrected chi connectivity index (χ2v) is 8.27. The number of hydrogen-bond acceptors (Lipinski definition) is 5. The van der Waals surface area contributed by atoms with Gasteiger partial charge in [0.25, 0.3) is 5.91 Å². The second kappa shape index (κ2) is 9.10. The van der Waals surface area contributed by atoms with E-state index in [9.17, 15) is 22.4 Å². The molecule has 0 spiro atoms. The predicted octanol–water partition coefficient (Wildman–Crippen LogP) is 4.36. The maximum absolute atomic E-state index is 14.5. The van der Waals surface area contributed by atoms with Crippen LogP contribution in [0.5, 0.6) is 5.75 Å². The van der Waals surface area contributed by atoms with Gasteiger partial charge in [-0.3, -0.25) is 4.79 Å². The fourth-order valence-corrected chi connectivity index (χ4v) is 4.35. The summed E-state index contributed by atoms with van der Waals surface area (Å²) in [7, 11) is 1.52. The number of nitrogens with zero attached hydrogens (tertiary/aromatic N) is 6. The molecule has 36 heavy (non-hydrogen) atoms. The predicted molar refractivity (Wildman–Crippen MR) is 121 cm³/mol. The Morgan fingerprint density at radius 1 is 1.17 bits per heavy atom. The van der Waals surface area contributed by atoms with Crippen LogP contribution in [0.2, 0.25) is 0 Å². The van der Waals surface area contributed by atoms with Crippen LogP contribution in [-0.4, -0.2) is 50.3 Å². The van der Waals surface area contributed by atoms with Crippen LogP contribution in [0.3, 0.4) is 0 Å². The zero-order valence-corrected chi connectivity index (χ0v) is 19.0. The van der Waals surface area contributed by atoms with Crippen LogP contribution >= 0.6 is 0 Å². The van der Waals surface area contributed by atoms with E-state index in [2.05, 4.69) is 15.3 Å². The number of aromatic nitrogens is 5. The van der Waals surface area contributed by atoms with E-state index in [1.807, 2.05) is 0 Å². The van der Waals surface area contributed by atoms with Gasteiger partial charge in [-0.05, 0) is 37.1 Å². The summed E-state index contributed by atoms with van der Waals surface area (Å²) in [6.07, 6.45) is 1.97. The summed E-state index contributed by atoms with van der Waals surface area (Å²) in [6.45, 7) is -1.53. The molecule has 2 aromatic carbocycles. The Morgan fingerprint density at radius 2 is 2.00 bits per heavy atom. The number of hydrogen-bond donors (Lipinski definition) is 0. The molecule has 3 heterocycles. The van der Waals surface area contributed by atoms with Gasteiger partial charge in [-0.2, -0.15) is 13.2 Å². The number of imidazole rings is 1. The molecule has 0 saturated carbocycles. The first kappa shape index (κ1) is 23.5. The topological polar surface area (TPSA) is 78.1 Å². The molecule has 0 bridgehead atoms. The molecule has 0 radical (unpaired) electrons. The van der Waals surface area contributed by atoms with Crippen molar-refractivity contribution in [2.45, 2.75) is 25.1 Å². The summed E-state index contributed by atoms with van der Waals surface area (Å²) in [6, 6.07) is 8.01. The molecular weight excluding hydrogens is 480 g/mol. The highest BCUT2D eigenvalue weighted by molar-refractivity contribution is 5.97. The Kier molecular flexibility index (Phi) is 5.94. The van der Waals surface area contributed by atoms with Crippen molar-refractivity contribution < 1.29 is 27.1 Å². The molecule has 8 nitrogen and oxygen atoms in total. The van der Waals surface area contributed by atoms with Crippen molar-refractivity contribution in [1.82, 2.24) is 24.5 Å². The lowest BCUT2D eigenvalue weighted by Crippen LogP contribution is -2.42. The summed E-state index contributed by atoms with van der Waals surface area (Å²) in [5, 5.41) is 8.17. The van der Waals surface area contributed by atoms with E-state index in [4.69, 9.17) is 4.74 Å². The van der Waals surface area contributed by atoms with E-state index in [1.54, 1.807) is 41.5 Å². The standard InChI is InChI=1S/C24H20F4N6O2/c1-36-22-11-15(5-7-20(22)32-10-9-29-14-32)18-12-34(31-30-18)21-8-6-16-17(25)3-2-4-19(16)33(23(21)35)13-24(26,27)28/h2-5,7,9-12,14,21H,6,8,13H2,1H3. The number of carbonyl (C=O) groups is 1. The SMILES string of the molecule is COc1cc(-c2cn(C3CCc4c(F)cccc4N(CC(F)(F)F)C3=O)nn2)ccc1-n1ccnc1. The highest BCUT2D eigenvalue weighted by Crippen LogP contribution is 2.35. The third-order valence-corrected chi connectivity index (χ3v) is 6.03. The van der Waals surface area contributed by atoms with E-state index < -0.39 is 30.5 Å². The van der Waals surface area contributed by atoms with Gasteiger partial charge in [-0.25, -0.2) is 14.1 Å². The molecule has 1 aliphatic heterocycles. The molecule has 1 unspecified atom stereocenters. The van der Waals surface area contributed by atoms with Gasteiger partial charge >= 0.3 is 6.18 Å². The van der Waals surface area contributed by atoms with Crippen LogP contribution in [-0.2, 0) is 11.2 Å². The molecule has 0 fully saturated rings. The van der Waals surface area contributed by atoms with Gasteiger partial charge in [0, 0.05) is 23.5 Å². The number of fused-ring (bicyclic) bond motifs is 1. The van der Waals surface area contributed by atoms with Gasteiger partial charge in [-0.1, -0.05) is 17.3 Å². The summed E-state index contributed by atoms with van der Waals surface area (Å²) in [4.78, 5) is 17.9. The number of carbonyl (C=O) groups excluding carboxylic acids is 1. The van der Waals surface area contributed by atoms with E-state index in [-0.39, 0.29) is 24.1 Å². The Balaban J connectivity index is 1.48. The van der Waals surface area contributed by atoms with Gasteiger partial charge in [-0.15, -0.1) is 5.10 Å². The van der Waals surface area contributed by atoms with Crippen molar-refractivity contribution in [1.29, 1.82) is 0 Å². The van der Waals surface area contributed by atoms with E-state index in [0.29, 0.717) is 21.9 Å². The third-order valence-electron chi connectivity index (χ3n) is 6.03. The van der Waals surface area contributed by atoms with Gasteiger partial charge in [0.1, 0.15) is 29.8 Å². The van der Waals surface area contributed by atoms with Crippen LogP contribution in [0.1, 0.15) is 18.0 Å². The normalized spacial score (nSPS) is 16.1. The van der Waals surface area contributed by atoms with E-state index >= 15 is 0 Å². The van der Waals surface area contributed by atoms with Gasteiger partial charge in [0.15, 0.2) is 0 Å². The zero-order chi connectivity index (χ0) is 25.4. The molecule has 4 aromatic rings. The van der Waals surface area contributed by atoms with Crippen LogP contribution in [0, 0.1) is 5.82 Å². The highest BCUT2D eigenvalue weighted by Gasteiger charge is 2.40. The Labute approximate surface area is 202 Å². The maximum atomic E-state index is 14.5.